The van der Waals surface area contributed by atoms with Crippen molar-refractivity contribution in [3.63, 3.8) is 0 Å². The van der Waals surface area contributed by atoms with Crippen LogP contribution in [0.25, 0.3) is 11.2 Å². The summed E-state index contributed by atoms with van der Waals surface area (Å²) in [7, 11) is 0. The molecule has 0 aromatic carbocycles. The fourth-order valence-corrected chi connectivity index (χ4v) is 1.73. The summed E-state index contributed by atoms with van der Waals surface area (Å²) >= 11 is 0. The van der Waals surface area contributed by atoms with Crippen LogP contribution in [0.2, 0.25) is 0 Å². The lowest BCUT2D eigenvalue weighted by Crippen LogP contribution is -3.00. The van der Waals surface area contributed by atoms with Crippen molar-refractivity contribution in [2.24, 2.45) is 0 Å². The Hall–Kier alpha value is -1.62. The minimum atomic E-state index is 0. The van der Waals surface area contributed by atoms with Crippen LogP contribution in [-0.2, 0) is 13.1 Å². The zero-order valence-electron chi connectivity index (χ0n) is 7.89. The number of rotatable bonds is 0. The molecule has 78 valence electrons. The van der Waals surface area contributed by atoms with E-state index in [1.165, 1.54) is 0 Å². The number of imidazole rings is 1. The molecule has 0 unspecified atom stereocenters. The van der Waals surface area contributed by atoms with Crippen LogP contribution in [0.3, 0.4) is 0 Å². The van der Waals surface area contributed by atoms with E-state index in [9.17, 15) is 0 Å². The molecule has 2 aromatic rings. The molecular weight excluding hydrogens is 214 g/mol. The highest BCUT2D eigenvalue weighted by molar-refractivity contribution is 5.69. The molecule has 0 spiro atoms. The van der Waals surface area contributed by atoms with E-state index in [2.05, 4.69) is 22.1 Å². The Balaban J connectivity index is 0.000000853. The average Bonchev–Trinajstić information content (AvgIpc) is 2.51. The van der Waals surface area contributed by atoms with Crippen LogP contribution in [0.5, 0.6) is 0 Å². The molecule has 0 radical (unpaired) electrons. The summed E-state index contributed by atoms with van der Waals surface area (Å²) in [6.07, 6.45) is 7.64. The first kappa shape index (κ1) is 9.92. The highest BCUT2D eigenvalue weighted by Gasteiger charge is 2.09. The van der Waals surface area contributed by atoms with Crippen molar-refractivity contribution < 1.29 is 12.4 Å². The Kier molecular flexibility index (Phi) is 2.32. The van der Waals surface area contributed by atoms with E-state index >= 15 is 0 Å². The number of nitrogens with zero attached hydrogens (tertiary/aromatic N) is 4. The molecule has 1 N–H and O–H groups in total. The highest BCUT2D eigenvalue weighted by atomic mass is 35.5. The van der Waals surface area contributed by atoms with Gasteiger partial charge < -0.3 is 21.5 Å². The average molecular weight is 223 g/mol. The van der Waals surface area contributed by atoms with Crippen LogP contribution in [0.15, 0.2) is 24.8 Å². The summed E-state index contributed by atoms with van der Waals surface area (Å²) < 4.78 is 4.03. The Morgan fingerprint density at radius 1 is 1.07 bits per heavy atom. The van der Waals surface area contributed by atoms with Crippen molar-refractivity contribution in [3.8, 4) is 0 Å². The van der Waals surface area contributed by atoms with Crippen LogP contribution < -0.4 is 17.9 Å². The Labute approximate surface area is 92.0 Å². The highest BCUT2D eigenvalue weighted by Crippen LogP contribution is 2.10. The molecule has 6 heteroatoms. The van der Waals surface area contributed by atoms with Gasteiger partial charge in [-0.2, -0.15) is 0 Å². The molecule has 1 aliphatic heterocycles. The normalized spacial score (nSPS) is 13.6. The third-order valence-electron chi connectivity index (χ3n) is 2.40. The third kappa shape index (κ3) is 1.35. The molecule has 0 saturated heterocycles. The summed E-state index contributed by atoms with van der Waals surface area (Å²) in [6.45, 7) is 1.62. The van der Waals surface area contributed by atoms with Gasteiger partial charge in [-0.3, -0.25) is 5.41 Å². The lowest BCUT2D eigenvalue weighted by molar-refractivity contribution is -0.00000319. The molecule has 0 saturated carbocycles. The van der Waals surface area contributed by atoms with Gasteiger partial charge >= 0.3 is 0 Å². The minimum absolute atomic E-state index is 0. The number of hydrogen-bond acceptors (Lipinski definition) is 3. The molecule has 3 heterocycles. The van der Waals surface area contributed by atoms with Crippen LogP contribution in [-0.4, -0.2) is 19.1 Å². The maximum absolute atomic E-state index is 7.62. The van der Waals surface area contributed by atoms with Crippen LogP contribution in [0.4, 0.5) is 0 Å². The first-order valence-electron chi connectivity index (χ1n) is 4.46. The largest absolute Gasteiger partial charge is 1.00 e. The predicted molar refractivity (Wildman–Crippen MR) is 50.5 cm³/mol. The maximum Gasteiger partial charge on any atom is 0.176 e. The molecule has 5 nitrogen and oxygen atoms in total. The lowest BCUT2D eigenvalue weighted by atomic mass is 10.5. The zero-order chi connectivity index (χ0) is 9.54. The second kappa shape index (κ2) is 3.51. The fourth-order valence-electron chi connectivity index (χ4n) is 1.73. The number of allylic oxidation sites excluding steroid dienone is 2. The molecule has 2 aromatic heterocycles. The first-order valence-corrected chi connectivity index (χ1v) is 4.46. The van der Waals surface area contributed by atoms with Crippen LogP contribution in [0, 0.1) is 5.41 Å². The molecule has 0 bridgehead atoms. The van der Waals surface area contributed by atoms with Gasteiger partial charge in [-0.05, 0) is 0 Å². The standard InChI is InChI=1S/C9H9N5.ClH/c10-8-7-9-13(5-11-7)3-1-2-4-14(9)6-12-8;/h1-2,5-6,10H,3-4H2;1H/p-1. The molecule has 3 rings (SSSR count). The first-order chi connectivity index (χ1) is 6.86. The summed E-state index contributed by atoms with van der Waals surface area (Å²) in [6, 6.07) is 0. The second-order valence-electron chi connectivity index (χ2n) is 3.29. The summed E-state index contributed by atoms with van der Waals surface area (Å²) in [5.74, 6) is 0. The van der Waals surface area contributed by atoms with Gasteiger partial charge in [0.15, 0.2) is 5.49 Å². The summed E-state index contributed by atoms with van der Waals surface area (Å²) in [5.41, 5.74) is 1.91. The van der Waals surface area contributed by atoms with Gasteiger partial charge in [0, 0.05) is 13.1 Å². The number of hydrogen-bond donors (Lipinski definition) is 1. The Morgan fingerprint density at radius 3 is 2.33 bits per heavy atom. The van der Waals surface area contributed by atoms with Crippen molar-refractivity contribution in [2.75, 3.05) is 0 Å². The van der Waals surface area contributed by atoms with E-state index in [-0.39, 0.29) is 17.9 Å². The Morgan fingerprint density at radius 2 is 1.67 bits per heavy atom. The van der Waals surface area contributed by atoms with Gasteiger partial charge in [-0.1, -0.05) is 12.2 Å². The number of nitrogens with one attached hydrogen (secondary N) is 1. The van der Waals surface area contributed by atoms with E-state index in [0.29, 0.717) is 5.52 Å². The van der Waals surface area contributed by atoms with Gasteiger partial charge in [0.1, 0.15) is 11.2 Å². The van der Waals surface area contributed by atoms with E-state index in [4.69, 9.17) is 5.41 Å². The fraction of sp³-hybridized carbons (Fsp3) is 0.222. The molecule has 0 aliphatic carbocycles. The molecule has 15 heavy (non-hydrogen) atoms. The van der Waals surface area contributed by atoms with Crippen molar-refractivity contribution in [1.82, 2.24) is 19.1 Å². The van der Waals surface area contributed by atoms with Crippen LogP contribution >= 0.6 is 0 Å². The zero-order valence-corrected chi connectivity index (χ0v) is 8.65. The van der Waals surface area contributed by atoms with Crippen LogP contribution in [0.1, 0.15) is 0 Å². The lowest BCUT2D eigenvalue weighted by Gasteiger charge is -2.04. The number of halogens is 1. The van der Waals surface area contributed by atoms with Crippen molar-refractivity contribution in [2.45, 2.75) is 13.1 Å². The van der Waals surface area contributed by atoms with Gasteiger partial charge in [0.25, 0.3) is 0 Å². The topological polar surface area (TPSA) is 59.5 Å². The van der Waals surface area contributed by atoms with Gasteiger partial charge in [-0.15, -0.1) is 0 Å². The second-order valence-corrected chi connectivity index (χ2v) is 3.29. The third-order valence-corrected chi connectivity index (χ3v) is 2.40. The van der Waals surface area contributed by atoms with Gasteiger partial charge in [0.2, 0.25) is 0 Å². The van der Waals surface area contributed by atoms with Gasteiger partial charge in [-0.25, -0.2) is 9.97 Å². The van der Waals surface area contributed by atoms with E-state index in [0.717, 1.165) is 18.7 Å². The summed E-state index contributed by atoms with van der Waals surface area (Å²) in [5, 5.41) is 7.62. The van der Waals surface area contributed by atoms with Crippen molar-refractivity contribution in [3.05, 3.63) is 30.3 Å². The Bertz CT molecular complexity index is 580. The number of aromatic nitrogens is 4. The van der Waals surface area contributed by atoms with Gasteiger partial charge in [0.05, 0.1) is 12.7 Å². The maximum atomic E-state index is 7.62. The molecule has 0 atom stereocenters. The monoisotopic (exact) mass is 222 g/mol. The molecule has 1 aliphatic rings. The predicted octanol–water partition coefficient (Wildman–Crippen LogP) is -2.71. The SMILES string of the molecule is N=c1ncn2c3c1ncn3CC=CC2.[Cl-]. The smallest absolute Gasteiger partial charge is 0.176 e. The van der Waals surface area contributed by atoms with Crippen molar-refractivity contribution in [1.29, 1.82) is 5.41 Å². The van der Waals surface area contributed by atoms with E-state index < -0.39 is 0 Å². The molecule has 0 amide bonds. The van der Waals surface area contributed by atoms with E-state index in [1.807, 2.05) is 9.13 Å². The summed E-state index contributed by atoms with van der Waals surface area (Å²) in [4.78, 5) is 8.18. The minimum Gasteiger partial charge on any atom is -1.00 e. The van der Waals surface area contributed by atoms with Crippen molar-refractivity contribution >= 4 is 11.2 Å². The van der Waals surface area contributed by atoms with E-state index in [1.54, 1.807) is 12.7 Å². The quantitative estimate of drug-likeness (QED) is 0.493. The molecule has 0 fully saturated rings. The molecular formula is C9H9ClN5-.